The van der Waals surface area contributed by atoms with Crippen LogP contribution >= 0.6 is 22.9 Å². The molecule has 0 unspecified atom stereocenters. The van der Waals surface area contributed by atoms with Gasteiger partial charge in [-0.1, -0.05) is 35.9 Å². The number of halogens is 1. The zero-order chi connectivity index (χ0) is 14.0. The Kier molecular flexibility index (Phi) is 4.07. The van der Waals surface area contributed by atoms with Crippen LogP contribution in [0.2, 0.25) is 5.02 Å². The Balaban J connectivity index is 2.29. The molecule has 2 aromatic rings. The number of carbonyl (C=O) groups is 1. The van der Waals surface area contributed by atoms with E-state index >= 15 is 0 Å². The van der Waals surface area contributed by atoms with Crippen LogP contribution in [0.1, 0.15) is 28.6 Å². The highest BCUT2D eigenvalue weighted by Gasteiger charge is 2.15. The average molecular weight is 296 g/mol. The van der Waals surface area contributed by atoms with Gasteiger partial charge in [0.1, 0.15) is 10.7 Å². The van der Waals surface area contributed by atoms with Gasteiger partial charge in [-0.25, -0.2) is 4.98 Å². The summed E-state index contributed by atoms with van der Waals surface area (Å²) >= 11 is 7.22. The molecule has 6 heteroatoms. The summed E-state index contributed by atoms with van der Waals surface area (Å²) in [6.45, 7) is 3.77. The average Bonchev–Trinajstić information content (AvgIpc) is 2.74. The number of nitrogens with two attached hydrogens (primary N) is 1. The minimum atomic E-state index is 0.00543. The molecule has 4 nitrogen and oxygen atoms in total. The lowest BCUT2D eigenvalue weighted by atomic mass is 10.2. The van der Waals surface area contributed by atoms with Crippen LogP contribution in [-0.4, -0.2) is 10.8 Å². The number of carbonyl (C=O) groups excluding carboxylic acids is 1. The van der Waals surface area contributed by atoms with Gasteiger partial charge in [0.05, 0.1) is 0 Å². The van der Waals surface area contributed by atoms with Crippen LogP contribution in [0, 0.1) is 6.92 Å². The fourth-order valence-corrected chi connectivity index (χ4v) is 2.67. The standard InChI is InChI=1S/C13H14ClN3OS/c1-3-10(18)11-12(15)17-13(19-11)16-9-6-8(14)5-4-7(9)2/h4-6H,3,15H2,1-2H3,(H,16,17). The van der Waals surface area contributed by atoms with Crippen molar-refractivity contribution in [2.24, 2.45) is 0 Å². The molecule has 1 aromatic heterocycles. The number of anilines is 3. The first-order valence-electron chi connectivity index (χ1n) is 5.84. The molecule has 0 saturated carbocycles. The summed E-state index contributed by atoms with van der Waals surface area (Å²) in [5, 5.41) is 4.38. The van der Waals surface area contributed by atoms with Gasteiger partial charge < -0.3 is 11.1 Å². The molecule has 0 aliphatic rings. The Morgan fingerprint density at radius 1 is 1.53 bits per heavy atom. The zero-order valence-corrected chi connectivity index (χ0v) is 12.2. The van der Waals surface area contributed by atoms with Crippen molar-refractivity contribution in [3.05, 3.63) is 33.7 Å². The van der Waals surface area contributed by atoms with Gasteiger partial charge in [0.2, 0.25) is 0 Å². The summed E-state index contributed by atoms with van der Waals surface area (Å²) in [6.07, 6.45) is 0.419. The molecule has 0 radical (unpaired) electrons. The van der Waals surface area contributed by atoms with Crippen LogP contribution in [0.4, 0.5) is 16.6 Å². The molecule has 2 rings (SSSR count). The molecule has 0 amide bonds. The number of hydrogen-bond donors (Lipinski definition) is 2. The van der Waals surface area contributed by atoms with Crippen molar-refractivity contribution < 1.29 is 4.79 Å². The Morgan fingerprint density at radius 3 is 2.95 bits per heavy atom. The van der Waals surface area contributed by atoms with E-state index in [4.69, 9.17) is 17.3 Å². The minimum Gasteiger partial charge on any atom is -0.382 e. The van der Waals surface area contributed by atoms with E-state index in [0.29, 0.717) is 21.5 Å². The van der Waals surface area contributed by atoms with E-state index in [1.165, 1.54) is 11.3 Å². The number of thiazole rings is 1. The van der Waals surface area contributed by atoms with Crippen LogP contribution in [0.5, 0.6) is 0 Å². The van der Waals surface area contributed by atoms with Crippen molar-refractivity contribution in [1.82, 2.24) is 4.98 Å². The number of Topliss-reactive ketones (excluding diaryl/α,β-unsaturated/α-hetero) is 1. The van der Waals surface area contributed by atoms with E-state index in [1.54, 1.807) is 6.92 Å². The number of benzene rings is 1. The van der Waals surface area contributed by atoms with Crippen LogP contribution < -0.4 is 11.1 Å². The Hall–Kier alpha value is -1.59. The Morgan fingerprint density at radius 2 is 2.26 bits per heavy atom. The van der Waals surface area contributed by atoms with Crippen molar-refractivity contribution in [2.45, 2.75) is 20.3 Å². The summed E-state index contributed by atoms with van der Waals surface area (Å²) in [5.41, 5.74) is 7.65. The largest absolute Gasteiger partial charge is 0.382 e. The predicted molar refractivity (Wildman–Crippen MR) is 80.6 cm³/mol. The van der Waals surface area contributed by atoms with Crippen LogP contribution in [0.25, 0.3) is 0 Å². The number of aromatic nitrogens is 1. The molecule has 0 aliphatic carbocycles. The first-order chi connectivity index (χ1) is 9.01. The van der Waals surface area contributed by atoms with E-state index < -0.39 is 0 Å². The second-order valence-electron chi connectivity index (χ2n) is 4.09. The molecule has 100 valence electrons. The van der Waals surface area contributed by atoms with E-state index in [-0.39, 0.29) is 11.6 Å². The minimum absolute atomic E-state index is 0.00543. The number of nitrogens with one attached hydrogen (secondary N) is 1. The lowest BCUT2D eigenvalue weighted by Gasteiger charge is -2.06. The van der Waals surface area contributed by atoms with Crippen molar-refractivity contribution in [2.75, 3.05) is 11.1 Å². The second kappa shape index (κ2) is 5.59. The van der Waals surface area contributed by atoms with E-state index in [0.717, 1.165) is 11.3 Å². The molecule has 1 aromatic carbocycles. The molecular weight excluding hydrogens is 282 g/mol. The highest BCUT2D eigenvalue weighted by molar-refractivity contribution is 7.18. The van der Waals surface area contributed by atoms with Crippen molar-refractivity contribution >= 4 is 45.4 Å². The third-order valence-corrected chi connectivity index (χ3v) is 3.93. The van der Waals surface area contributed by atoms with Crippen LogP contribution in [0.15, 0.2) is 18.2 Å². The fraction of sp³-hybridized carbons (Fsp3) is 0.231. The van der Waals surface area contributed by atoms with Gasteiger partial charge in [0.25, 0.3) is 0 Å². The third kappa shape index (κ3) is 3.05. The number of hydrogen-bond acceptors (Lipinski definition) is 5. The molecule has 3 N–H and O–H groups in total. The third-order valence-electron chi connectivity index (χ3n) is 2.67. The number of ketones is 1. The Bertz CT molecular complexity index is 624. The molecule has 1 heterocycles. The molecular formula is C13H14ClN3OS. The monoisotopic (exact) mass is 295 g/mol. The topological polar surface area (TPSA) is 68.0 Å². The molecule has 0 aliphatic heterocycles. The van der Waals surface area contributed by atoms with Crippen molar-refractivity contribution in [3.63, 3.8) is 0 Å². The van der Waals surface area contributed by atoms with Gasteiger partial charge in [-0.3, -0.25) is 4.79 Å². The highest BCUT2D eigenvalue weighted by Crippen LogP contribution is 2.30. The van der Waals surface area contributed by atoms with Crippen LogP contribution in [-0.2, 0) is 0 Å². The number of nitrogens with zero attached hydrogens (tertiary/aromatic N) is 1. The highest BCUT2D eigenvalue weighted by atomic mass is 35.5. The number of rotatable bonds is 4. The van der Waals surface area contributed by atoms with E-state index in [1.807, 2.05) is 25.1 Å². The van der Waals surface area contributed by atoms with Gasteiger partial charge in [-0.15, -0.1) is 0 Å². The van der Waals surface area contributed by atoms with Crippen molar-refractivity contribution in [1.29, 1.82) is 0 Å². The lowest BCUT2D eigenvalue weighted by Crippen LogP contribution is -1.98. The zero-order valence-electron chi connectivity index (χ0n) is 10.7. The van der Waals surface area contributed by atoms with Crippen LogP contribution in [0.3, 0.4) is 0 Å². The smallest absolute Gasteiger partial charge is 0.189 e. The fourth-order valence-electron chi connectivity index (χ4n) is 1.59. The number of aryl methyl sites for hydroxylation is 1. The Labute approximate surface area is 120 Å². The van der Waals surface area contributed by atoms with Gasteiger partial charge in [-0.2, -0.15) is 0 Å². The summed E-state index contributed by atoms with van der Waals surface area (Å²) in [6, 6.07) is 5.56. The molecule has 0 spiro atoms. The first-order valence-corrected chi connectivity index (χ1v) is 7.03. The molecule has 0 saturated heterocycles. The van der Waals surface area contributed by atoms with E-state index in [9.17, 15) is 4.79 Å². The predicted octanol–water partition coefficient (Wildman–Crippen LogP) is 4.02. The SMILES string of the molecule is CCC(=O)c1sc(Nc2cc(Cl)ccc2C)nc1N. The number of nitrogen functional groups attached to an aromatic ring is 1. The molecule has 0 fully saturated rings. The molecule has 19 heavy (non-hydrogen) atoms. The lowest BCUT2D eigenvalue weighted by molar-refractivity contribution is 0.0992. The first kappa shape index (κ1) is 13.8. The molecule has 0 bridgehead atoms. The summed E-state index contributed by atoms with van der Waals surface area (Å²) < 4.78 is 0. The maximum Gasteiger partial charge on any atom is 0.189 e. The second-order valence-corrected chi connectivity index (χ2v) is 5.53. The normalized spacial score (nSPS) is 10.5. The van der Waals surface area contributed by atoms with Crippen molar-refractivity contribution in [3.8, 4) is 0 Å². The van der Waals surface area contributed by atoms with E-state index in [2.05, 4.69) is 10.3 Å². The van der Waals surface area contributed by atoms with Gasteiger partial charge in [0.15, 0.2) is 10.9 Å². The van der Waals surface area contributed by atoms with Gasteiger partial charge in [0, 0.05) is 17.1 Å². The summed E-state index contributed by atoms with van der Waals surface area (Å²) in [7, 11) is 0. The maximum atomic E-state index is 11.7. The summed E-state index contributed by atoms with van der Waals surface area (Å²) in [5.74, 6) is 0.282. The quantitative estimate of drug-likeness (QED) is 0.836. The van der Waals surface area contributed by atoms with Gasteiger partial charge >= 0.3 is 0 Å². The maximum absolute atomic E-state index is 11.7. The van der Waals surface area contributed by atoms with Gasteiger partial charge in [-0.05, 0) is 24.6 Å². The summed E-state index contributed by atoms with van der Waals surface area (Å²) in [4.78, 5) is 16.3. The molecule has 0 atom stereocenters.